The fourth-order valence-electron chi connectivity index (χ4n) is 4.38. The first-order valence-corrected chi connectivity index (χ1v) is 12.1. The molecule has 0 atom stereocenters. The monoisotopic (exact) mass is 483 g/mol. The summed E-state index contributed by atoms with van der Waals surface area (Å²) < 4.78 is 22.4. The van der Waals surface area contributed by atoms with E-state index in [1.807, 2.05) is 54.1 Å². The van der Waals surface area contributed by atoms with E-state index in [2.05, 4.69) is 35.9 Å². The highest BCUT2D eigenvalue weighted by molar-refractivity contribution is 6.00. The van der Waals surface area contributed by atoms with Gasteiger partial charge in [0, 0.05) is 11.6 Å². The lowest BCUT2D eigenvalue weighted by Crippen LogP contribution is -2.10. The molecule has 2 aromatic heterocycles. The number of nitrogen functional groups attached to an aromatic ring is 1. The van der Waals surface area contributed by atoms with Crippen molar-refractivity contribution < 1.29 is 9.13 Å². The first-order chi connectivity index (χ1) is 17.1. The number of halogens is 1. The van der Waals surface area contributed by atoms with Crippen LogP contribution in [0.2, 0.25) is 0 Å². The second-order valence-corrected chi connectivity index (χ2v) is 9.97. The van der Waals surface area contributed by atoms with E-state index in [-0.39, 0.29) is 6.04 Å². The maximum absolute atomic E-state index is 14.4. The van der Waals surface area contributed by atoms with Gasteiger partial charge in [-0.25, -0.2) is 19.0 Å². The van der Waals surface area contributed by atoms with E-state index < -0.39 is 5.67 Å². The molecule has 2 heterocycles. The number of aryl methyl sites for hydroxylation is 1. The lowest BCUT2D eigenvalue weighted by Gasteiger charge is -2.17. The third-order valence-corrected chi connectivity index (χ3v) is 6.52. The third kappa shape index (κ3) is 4.37. The van der Waals surface area contributed by atoms with E-state index >= 15 is 0 Å². The van der Waals surface area contributed by atoms with Crippen LogP contribution in [0.4, 0.5) is 10.2 Å². The van der Waals surface area contributed by atoms with Gasteiger partial charge >= 0.3 is 0 Å². The minimum atomic E-state index is -1.39. The van der Waals surface area contributed by atoms with Crippen LogP contribution in [0.1, 0.15) is 50.4 Å². The highest BCUT2D eigenvalue weighted by atomic mass is 19.1. The summed E-state index contributed by atoms with van der Waals surface area (Å²) >= 11 is 0. The third-order valence-electron chi connectivity index (χ3n) is 6.52. The highest BCUT2D eigenvalue weighted by Crippen LogP contribution is 2.34. The molecule has 0 radical (unpaired) electrons. The molecule has 0 aliphatic carbocycles. The Hall–Kier alpha value is -4.00. The summed E-state index contributed by atoms with van der Waals surface area (Å²) in [6, 6.07) is 18.0. The molecule has 184 valence electrons. The average molecular weight is 484 g/mol. The molecule has 0 aliphatic heterocycles. The van der Waals surface area contributed by atoms with Crippen LogP contribution < -0.4 is 10.5 Å². The number of anilines is 1. The molecule has 0 aliphatic rings. The smallest absolute Gasteiger partial charge is 0.164 e. The summed E-state index contributed by atoms with van der Waals surface area (Å²) in [6.45, 7) is 9.64. The largest absolute Gasteiger partial charge is 0.489 e. The number of nitrogens with zero attached hydrogens (tertiary/aromatic N) is 4. The van der Waals surface area contributed by atoms with Crippen LogP contribution in [-0.2, 0) is 12.3 Å². The van der Waals surface area contributed by atoms with Gasteiger partial charge in [-0.1, -0.05) is 30.3 Å². The van der Waals surface area contributed by atoms with Crippen LogP contribution in [0.15, 0.2) is 60.9 Å². The van der Waals surface area contributed by atoms with Crippen molar-refractivity contribution in [2.45, 2.75) is 52.9 Å². The van der Waals surface area contributed by atoms with Crippen LogP contribution in [0.5, 0.6) is 5.75 Å². The second kappa shape index (κ2) is 8.90. The average Bonchev–Trinajstić information content (AvgIpc) is 3.24. The molecule has 0 spiro atoms. The summed E-state index contributed by atoms with van der Waals surface area (Å²) in [6.07, 6.45) is 1.47. The summed E-state index contributed by atoms with van der Waals surface area (Å²) in [7, 11) is 0. The Bertz CT molecular complexity index is 1580. The maximum atomic E-state index is 14.4. The predicted octanol–water partition coefficient (Wildman–Crippen LogP) is 6.90. The summed E-state index contributed by atoms with van der Waals surface area (Å²) in [4.78, 5) is 8.61. The van der Waals surface area contributed by atoms with Gasteiger partial charge in [0.25, 0.3) is 0 Å². The normalized spacial score (nSPS) is 12.1. The molecule has 0 unspecified atom stereocenters. The number of aromatic nitrogens is 4. The summed E-state index contributed by atoms with van der Waals surface area (Å²) in [5.74, 6) is 1.17. The van der Waals surface area contributed by atoms with Crippen molar-refractivity contribution in [2.75, 3.05) is 5.73 Å². The first-order valence-electron chi connectivity index (χ1n) is 12.1. The first kappa shape index (κ1) is 23.7. The van der Waals surface area contributed by atoms with Crippen LogP contribution in [0.25, 0.3) is 33.1 Å². The SMILES string of the molecule is Cc1ccc(C(C)(C)F)cc1COc1ccc2cc(-c3nn(C(C)C)c4ncnc(N)c34)ccc2c1. The molecule has 0 amide bonds. The predicted molar refractivity (Wildman–Crippen MR) is 143 cm³/mol. The minimum Gasteiger partial charge on any atom is -0.489 e. The molecular formula is C29H30FN5O. The molecule has 36 heavy (non-hydrogen) atoms. The summed E-state index contributed by atoms with van der Waals surface area (Å²) in [5.41, 5.74) is 9.97. The Labute approximate surface area is 209 Å². The van der Waals surface area contributed by atoms with E-state index in [1.165, 1.54) is 6.33 Å². The fraction of sp³-hybridized carbons (Fsp3) is 0.276. The Morgan fingerprint density at radius 3 is 2.50 bits per heavy atom. The van der Waals surface area contributed by atoms with E-state index in [4.69, 9.17) is 15.6 Å². The Kier molecular flexibility index (Phi) is 5.86. The van der Waals surface area contributed by atoms with Crippen molar-refractivity contribution in [3.63, 3.8) is 0 Å². The molecule has 3 aromatic carbocycles. The number of ether oxygens (including phenoxy) is 1. The lowest BCUT2D eigenvalue weighted by molar-refractivity contribution is 0.221. The van der Waals surface area contributed by atoms with Gasteiger partial charge in [0.2, 0.25) is 0 Å². The second-order valence-electron chi connectivity index (χ2n) is 9.97. The van der Waals surface area contributed by atoms with E-state index in [1.54, 1.807) is 13.8 Å². The van der Waals surface area contributed by atoms with Crippen LogP contribution in [0.3, 0.4) is 0 Å². The highest BCUT2D eigenvalue weighted by Gasteiger charge is 2.20. The van der Waals surface area contributed by atoms with Crippen molar-refractivity contribution in [3.8, 4) is 17.0 Å². The van der Waals surface area contributed by atoms with E-state index in [9.17, 15) is 4.39 Å². The number of hydrogen-bond donors (Lipinski definition) is 1. The zero-order chi connectivity index (χ0) is 25.6. The molecule has 5 rings (SSSR count). The minimum absolute atomic E-state index is 0.135. The molecule has 7 heteroatoms. The van der Waals surface area contributed by atoms with Crippen LogP contribution in [-0.4, -0.2) is 19.7 Å². The Morgan fingerprint density at radius 2 is 1.75 bits per heavy atom. The van der Waals surface area contributed by atoms with E-state index in [0.717, 1.165) is 49.9 Å². The quantitative estimate of drug-likeness (QED) is 0.284. The van der Waals surface area contributed by atoms with Gasteiger partial charge in [-0.05, 0) is 86.3 Å². The van der Waals surface area contributed by atoms with Crippen molar-refractivity contribution in [3.05, 3.63) is 77.6 Å². The fourth-order valence-corrected chi connectivity index (χ4v) is 4.38. The molecular weight excluding hydrogens is 453 g/mol. The van der Waals surface area contributed by atoms with Crippen molar-refractivity contribution in [1.29, 1.82) is 0 Å². The van der Waals surface area contributed by atoms with Crippen LogP contribution in [0, 0.1) is 6.92 Å². The number of fused-ring (bicyclic) bond motifs is 2. The number of rotatable bonds is 6. The molecule has 6 nitrogen and oxygen atoms in total. The van der Waals surface area contributed by atoms with E-state index in [0.29, 0.717) is 18.0 Å². The van der Waals surface area contributed by atoms with Crippen molar-refractivity contribution in [2.24, 2.45) is 0 Å². The number of alkyl halides is 1. The number of benzene rings is 3. The molecule has 2 N–H and O–H groups in total. The van der Waals surface area contributed by atoms with Gasteiger partial charge in [-0.15, -0.1) is 0 Å². The zero-order valence-electron chi connectivity index (χ0n) is 21.2. The molecule has 0 bridgehead atoms. The van der Waals surface area contributed by atoms with Gasteiger partial charge in [0.15, 0.2) is 5.65 Å². The van der Waals surface area contributed by atoms with Crippen molar-refractivity contribution in [1.82, 2.24) is 19.7 Å². The molecule has 0 saturated carbocycles. The number of hydrogen-bond acceptors (Lipinski definition) is 5. The molecule has 5 aromatic rings. The topological polar surface area (TPSA) is 78.8 Å². The van der Waals surface area contributed by atoms with Crippen LogP contribution >= 0.6 is 0 Å². The zero-order valence-corrected chi connectivity index (χ0v) is 21.2. The van der Waals surface area contributed by atoms with Gasteiger partial charge in [0.05, 0.1) is 5.39 Å². The van der Waals surface area contributed by atoms with Crippen molar-refractivity contribution >= 4 is 27.6 Å². The number of nitrogens with two attached hydrogens (primary N) is 1. The summed E-state index contributed by atoms with van der Waals surface area (Å²) in [5, 5.41) is 7.69. The van der Waals surface area contributed by atoms with Gasteiger partial charge in [0.1, 0.15) is 35.9 Å². The Balaban J connectivity index is 1.45. The molecule has 0 fully saturated rings. The van der Waals surface area contributed by atoms with Gasteiger partial charge in [-0.2, -0.15) is 5.10 Å². The lowest BCUT2D eigenvalue weighted by atomic mass is 9.96. The van der Waals surface area contributed by atoms with Gasteiger partial charge in [-0.3, -0.25) is 0 Å². The maximum Gasteiger partial charge on any atom is 0.164 e. The standard InChI is InChI=1S/C29H30FN5O/c1-17(2)35-28-25(27(31)32-16-33-28)26(34-35)21-8-7-20-14-24(11-9-19(20)12-21)36-15-22-13-23(29(4,5)30)10-6-18(22)3/h6-14,16-17H,15H2,1-5H3,(H2,31,32,33). The Morgan fingerprint density at radius 1 is 1.00 bits per heavy atom. The molecule has 0 saturated heterocycles. The van der Waals surface area contributed by atoms with Gasteiger partial charge < -0.3 is 10.5 Å².